The van der Waals surface area contributed by atoms with E-state index in [1.54, 1.807) is 0 Å². The van der Waals surface area contributed by atoms with Crippen LogP contribution in [-0.4, -0.2) is 6.04 Å². The molecule has 0 aliphatic rings. The summed E-state index contributed by atoms with van der Waals surface area (Å²) in [5.41, 5.74) is 1.18. The SMILES string of the molecule is CC/C=C/C(C)Nc1ccccc1. The molecule has 0 amide bonds. The van der Waals surface area contributed by atoms with Crippen molar-refractivity contribution < 1.29 is 0 Å². The molecule has 1 aromatic carbocycles. The number of rotatable bonds is 4. The molecule has 0 bridgehead atoms. The van der Waals surface area contributed by atoms with Crippen molar-refractivity contribution in [3.05, 3.63) is 42.5 Å². The summed E-state index contributed by atoms with van der Waals surface area (Å²) in [7, 11) is 0. The van der Waals surface area contributed by atoms with Crippen molar-refractivity contribution in [2.45, 2.75) is 26.3 Å². The van der Waals surface area contributed by atoms with E-state index < -0.39 is 0 Å². The van der Waals surface area contributed by atoms with Crippen molar-refractivity contribution in [3.8, 4) is 0 Å². The van der Waals surface area contributed by atoms with Gasteiger partial charge in [0.2, 0.25) is 0 Å². The number of hydrogen-bond acceptors (Lipinski definition) is 1. The van der Waals surface area contributed by atoms with E-state index in [-0.39, 0.29) is 0 Å². The van der Waals surface area contributed by atoms with E-state index in [1.807, 2.05) is 18.2 Å². The number of nitrogens with one attached hydrogen (secondary N) is 1. The van der Waals surface area contributed by atoms with Crippen LogP contribution in [0.25, 0.3) is 0 Å². The minimum Gasteiger partial charge on any atom is -0.379 e. The van der Waals surface area contributed by atoms with Crippen LogP contribution >= 0.6 is 0 Å². The van der Waals surface area contributed by atoms with Crippen LogP contribution in [0.3, 0.4) is 0 Å². The average Bonchev–Trinajstić information content (AvgIpc) is 2.16. The van der Waals surface area contributed by atoms with Crippen LogP contribution in [0, 0.1) is 0 Å². The Balaban J connectivity index is 2.45. The molecule has 0 heterocycles. The van der Waals surface area contributed by atoms with Gasteiger partial charge in [-0.05, 0) is 25.5 Å². The van der Waals surface area contributed by atoms with Crippen molar-refractivity contribution in [2.75, 3.05) is 5.32 Å². The lowest BCUT2D eigenvalue weighted by molar-refractivity contribution is 0.986. The zero-order valence-corrected chi connectivity index (χ0v) is 8.33. The van der Waals surface area contributed by atoms with E-state index in [4.69, 9.17) is 0 Å². The quantitative estimate of drug-likeness (QED) is 0.691. The maximum atomic E-state index is 3.39. The highest BCUT2D eigenvalue weighted by Gasteiger charge is 1.94. The van der Waals surface area contributed by atoms with Gasteiger partial charge in [0.15, 0.2) is 0 Å². The van der Waals surface area contributed by atoms with Gasteiger partial charge in [-0.2, -0.15) is 0 Å². The first-order valence-corrected chi connectivity index (χ1v) is 4.81. The maximum Gasteiger partial charge on any atom is 0.0416 e. The van der Waals surface area contributed by atoms with Crippen molar-refractivity contribution in [2.24, 2.45) is 0 Å². The standard InChI is InChI=1S/C12H17N/c1-3-4-8-11(2)13-12-9-6-5-7-10-12/h4-11,13H,3H2,1-2H3/b8-4+. The molecule has 0 aromatic heterocycles. The lowest BCUT2D eigenvalue weighted by Crippen LogP contribution is -2.11. The molecule has 0 spiro atoms. The number of anilines is 1. The molecule has 70 valence electrons. The summed E-state index contributed by atoms with van der Waals surface area (Å²) >= 11 is 0. The molecule has 13 heavy (non-hydrogen) atoms. The molecule has 1 nitrogen and oxygen atoms in total. The van der Waals surface area contributed by atoms with E-state index in [9.17, 15) is 0 Å². The first-order chi connectivity index (χ1) is 6.33. The zero-order valence-electron chi connectivity index (χ0n) is 8.33. The molecule has 0 aliphatic heterocycles. The Labute approximate surface area is 80.5 Å². The highest BCUT2D eigenvalue weighted by atomic mass is 14.9. The molecule has 0 fully saturated rings. The predicted octanol–water partition coefficient (Wildman–Crippen LogP) is 3.45. The summed E-state index contributed by atoms with van der Waals surface area (Å²) in [6.45, 7) is 4.30. The van der Waals surface area contributed by atoms with Gasteiger partial charge in [0.25, 0.3) is 0 Å². The first-order valence-electron chi connectivity index (χ1n) is 4.81. The van der Waals surface area contributed by atoms with Gasteiger partial charge in [-0.25, -0.2) is 0 Å². The van der Waals surface area contributed by atoms with Gasteiger partial charge >= 0.3 is 0 Å². The molecule has 0 radical (unpaired) electrons. The summed E-state index contributed by atoms with van der Waals surface area (Å²) in [5, 5.41) is 3.39. The summed E-state index contributed by atoms with van der Waals surface area (Å²) in [4.78, 5) is 0. The van der Waals surface area contributed by atoms with E-state index in [2.05, 4.69) is 43.4 Å². The summed E-state index contributed by atoms with van der Waals surface area (Å²) < 4.78 is 0. The molecule has 1 heteroatoms. The Morgan fingerprint density at radius 3 is 2.62 bits per heavy atom. The van der Waals surface area contributed by atoms with Crippen LogP contribution in [0.2, 0.25) is 0 Å². The Morgan fingerprint density at radius 2 is 2.00 bits per heavy atom. The summed E-state index contributed by atoms with van der Waals surface area (Å²) in [5.74, 6) is 0. The summed E-state index contributed by atoms with van der Waals surface area (Å²) in [6, 6.07) is 10.7. The number of para-hydroxylation sites is 1. The van der Waals surface area contributed by atoms with E-state index in [1.165, 1.54) is 5.69 Å². The maximum absolute atomic E-state index is 3.39. The molecular weight excluding hydrogens is 158 g/mol. The number of allylic oxidation sites excluding steroid dienone is 1. The Morgan fingerprint density at radius 1 is 1.31 bits per heavy atom. The third-order valence-electron chi connectivity index (χ3n) is 1.83. The van der Waals surface area contributed by atoms with Crippen LogP contribution in [0.1, 0.15) is 20.3 Å². The predicted molar refractivity (Wildman–Crippen MR) is 59.0 cm³/mol. The van der Waals surface area contributed by atoms with Gasteiger partial charge in [0.05, 0.1) is 0 Å². The topological polar surface area (TPSA) is 12.0 Å². The van der Waals surface area contributed by atoms with Gasteiger partial charge in [-0.15, -0.1) is 0 Å². The van der Waals surface area contributed by atoms with Crippen LogP contribution in [0.5, 0.6) is 0 Å². The second-order valence-electron chi connectivity index (χ2n) is 3.14. The van der Waals surface area contributed by atoms with Crippen LogP contribution in [0.15, 0.2) is 42.5 Å². The fraction of sp³-hybridized carbons (Fsp3) is 0.333. The number of benzene rings is 1. The lowest BCUT2D eigenvalue weighted by Gasteiger charge is -2.10. The van der Waals surface area contributed by atoms with Gasteiger partial charge in [0.1, 0.15) is 0 Å². The molecule has 0 saturated carbocycles. The second-order valence-corrected chi connectivity index (χ2v) is 3.14. The molecule has 0 aliphatic carbocycles. The van der Waals surface area contributed by atoms with E-state index in [0.29, 0.717) is 6.04 Å². The minimum absolute atomic E-state index is 0.405. The highest BCUT2D eigenvalue weighted by Crippen LogP contribution is 2.07. The normalized spacial score (nSPS) is 13.1. The van der Waals surface area contributed by atoms with Crippen LogP contribution in [-0.2, 0) is 0 Å². The molecule has 1 N–H and O–H groups in total. The van der Waals surface area contributed by atoms with E-state index >= 15 is 0 Å². The number of hydrogen-bond donors (Lipinski definition) is 1. The Kier molecular flexibility index (Phi) is 4.10. The van der Waals surface area contributed by atoms with E-state index in [0.717, 1.165) is 6.42 Å². The van der Waals surface area contributed by atoms with Crippen molar-refractivity contribution in [1.82, 2.24) is 0 Å². The molecule has 0 saturated heterocycles. The molecular formula is C12H17N. The van der Waals surface area contributed by atoms with Gasteiger partial charge in [-0.1, -0.05) is 37.3 Å². The van der Waals surface area contributed by atoms with Gasteiger partial charge < -0.3 is 5.32 Å². The van der Waals surface area contributed by atoms with Gasteiger partial charge in [-0.3, -0.25) is 0 Å². The molecule has 1 rings (SSSR count). The highest BCUT2D eigenvalue weighted by molar-refractivity contribution is 5.44. The van der Waals surface area contributed by atoms with Crippen LogP contribution < -0.4 is 5.32 Å². The molecule has 1 atom stereocenters. The average molecular weight is 175 g/mol. The lowest BCUT2D eigenvalue weighted by atomic mass is 10.2. The van der Waals surface area contributed by atoms with Crippen LogP contribution in [0.4, 0.5) is 5.69 Å². The zero-order chi connectivity index (χ0) is 9.52. The van der Waals surface area contributed by atoms with Crippen molar-refractivity contribution in [3.63, 3.8) is 0 Å². The first kappa shape index (κ1) is 9.85. The third kappa shape index (κ3) is 3.79. The second kappa shape index (κ2) is 5.41. The van der Waals surface area contributed by atoms with Crippen molar-refractivity contribution in [1.29, 1.82) is 0 Å². The molecule has 1 unspecified atom stereocenters. The smallest absolute Gasteiger partial charge is 0.0416 e. The molecule has 1 aromatic rings. The third-order valence-corrected chi connectivity index (χ3v) is 1.83. The van der Waals surface area contributed by atoms with Crippen molar-refractivity contribution >= 4 is 5.69 Å². The van der Waals surface area contributed by atoms with Gasteiger partial charge in [0, 0.05) is 11.7 Å². The Hall–Kier alpha value is -1.24. The fourth-order valence-corrected chi connectivity index (χ4v) is 1.19. The Bertz CT molecular complexity index is 251. The largest absolute Gasteiger partial charge is 0.379 e. The minimum atomic E-state index is 0.405. The fourth-order valence-electron chi connectivity index (χ4n) is 1.19. The summed E-state index contributed by atoms with van der Waals surface area (Å²) in [6.07, 6.45) is 5.47. The monoisotopic (exact) mass is 175 g/mol.